The lowest BCUT2D eigenvalue weighted by molar-refractivity contribution is -0.135. The maximum absolute atomic E-state index is 13.1. The highest BCUT2D eigenvalue weighted by molar-refractivity contribution is 5.89. The molecule has 0 spiro atoms. The van der Waals surface area contributed by atoms with E-state index in [2.05, 4.69) is 0 Å². The van der Waals surface area contributed by atoms with Crippen molar-refractivity contribution >= 4 is 11.8 Å². The Labute approximate surface area is 183 Å². The third kappa shape index (κ3) is 4.38. The van der Waals surface area contributed by atoms with Crippen LogP contribution >= 0.6 is 0 Å². The standard InChI is InChI=1S/C25H28N4O2/c1-18(2)28-16-20(14-23(28)30)25(31)27(3)15-21-17-29(22-12-8-5-9-13-22)26-24(21)19-10-6-4-7-11-19/h4-13,17-18,20H,14-16H2,1-3H3. The molecule has 1 saturated heterocycles. The molecule has 0 N–H and O–H groups in total. The molecular formula is C25H28N4O2. The van der Waals surface area contributed by atoms with Gasteiger partial charge in [-0.25, -0.2) is 4.68 Å². The summed E-state index contributed by atoms with van der Waals surface area (Å²) in [4.78, 5) is 28.9. The first kappa shape index (κ1) is 20.8. The first-order valence-electron chi connectivity index (χ1n) is 10.7. The van der Waals surface area contributed by atoms with Gasteiger partial charge < -0.3 is 9.80 Å². The second-order valence-electron chi connectivity index (χ2n) is 8.38. The van der Waals surface area contributed by atoms with Gasteiger partial charge >= 0.3 is 0 Å². The van der Waals surface area contributed by atoms with E-state index in [0.717, 1.165) is 22.5 Å². The Bertz CT molecular complexity index is 1060. The molecule has 0 bridgehead atoms. The van der Waals surface area contributed by atoms with E-state index < -0.39 is 0 Å². The molecule has 1 fully saturated rings. The molecule has 1 aromatic heterocycles. The topological polar surface area (TPSA) is 58.4 Å². The van der Waals surface area contributed by atoms with Crippen LogP contribution in [0, 0.1) is 5.92 Å². The fourth-order valence-electron chi connectivity index (χ4n) is 4.12. The van der Waals surface area contributed by atoms with Crippen molar-refractivity contribution in [1.82, 2.24) is 19.6 Å². The lowest BCUT2D eigenvalue weighted by Gasteiger charge is -2.23. The van der Waals surface area contributed by atoms with Gasteiger partial charge in [-0.1, -0.05) is 48.5 Å². The molecule has 160 valence electrons. The Hall–Kier alpha value is -3.41. The summed E-state index contributed by atoms with van der Waals surface area (Å²) < 4.78 is 1.86. The monoisotopic (exact) mass is 416 g/mol. The van der Waals surface area contributed by atoms with E-state index in [1.54, 1.807) is 16.8 Å². The molecular weight excluding hydrogens is 388 g/mol. The van der Waals surface area contributed by atoms with Gasteiger partial charge in [-0.15, -0.1) is 0 Å². The van der Waals surface area contributed by atoms with Crippen molar-refractivity contribution in [3.05, 3.63) is 72.4 Å². The summed E-state index contributed by atoms with van der Waals surface area (Å²) in [5.74, 6) is -0.226. The predicted molar refractivity (Wildman–Crippen MR) is 120 cm³/mol. The smallest absolute Gasteiger partial charge is 0.228 e. The van der Waals surface area contributed by atoms with Crippen LogP contribution in [0.2, 0.25) is 0 Å². The number of likely N-dealkylation sites (tertiary alicyclic amines) is 1. The van der Waals surface area contributed by atoms with E-state index >= 15 is 0 Å². The van der Waals surface area contributed by atoms with Gasteiger partial charge in [0, 0.05) is 49.9 Å². The molecule has 0 radical (unpaired) electrons. The van der Waals surface area contributed by atoms with E-state index in [4.69, 9.17) is 5.10 Å². The number of carbonyl (C=O) groups excluding carboxylic acids is 2. The fraction of sp³-hybridized carbons (Fsp3) is 0.320. The number of para-hydroxylation sites is 1. The maximum atomic E-state index is 13.1. The lowest BCUT2D eigenvalue weighted by atomic mass is 10.1. The van der Waals surface area contributed by atoms with Crippen molar-refractivity contribution in [2.75, 3.05) is 13.6 Å². The third-order valence-electron chi connectivity index (χ3n) is 5.77. The summed E-state index contributed by atoms with van der Waals surface area (Å²) in [5, 5.41) is 4.82. The SMILES string of the molecule is CC(C)N1CC(C(=O)N(C)Cc2cn(-c3ccccc3)nc2-c2ccccc2)CC1=O. The summed E-state index contributed by atoms with van der Waals surface area (Å²) in [7, 11) is 1.81. The largest absolute Gasteiger partial charge is 0.341 e. The second-order valence-corrected chi connectivity index (χ2v) is 8.38. The van der Waals surface area contributed by atoms with Gasteiger partial charge in [0.15, 0.2) is 0 Å². The number of aromatic nitrogens is 2. The molecule has 1 atom stereocenters. The van der Waals surface area contributed by atoms with E-state index in [1.807, 2.05) is 85.4 Å². The van der Waals surface area contributed by atoms with Crippen molar-refractivity contribution in [2.24, 2.45) is 5.92 Å². The van der Waals surface area contributed by atoms with Gasteiger partial charge in [0.2, 0.25) is 11.8 Å². The van der Waals surface area contributed by atoms with Gasteiger partial charge in [0.05, 0.1) is 17.3 Å². The van der Waals surface area contributed by atoms with Crippen LogP contribution in [-0.2, 0) is 16.1 Å². The number of benzene rings is 2. The highest BCUT2D eigenvalue weighted by Gasteiger charge is 2.36. The normalized spacial score (nSPS) is 16.2. The Morgan fingerprint density at radius 2 is 1.74 bits per heavy atom. The average Bonchev–Trinajstić information content (AvgIpc) is 3.38. The number of hydrogen-bond acceptors (Lipinski definition) is 3. The molecule has 1 unspecified atom stereocenters. The first-order chi connectivity index (χ1) is 14.9. The minimum atomic E-state index is -0.288. The summed E-state index contributed by atoms with van der Waals surface area (Å²) in [6.07, 6.45) is 2.28. The number of carbonyl (C=O) groups is 2. The molecule has 2 heterocycles. The average molecular weight is 417 g/mol. The van der Waals surface area contributed by atoms with Crippen LogP contribution in [0.5, 0.6) is 0 Å². The van der Waals surface area contributed by atoms with Crippen LogP contribution in [0.15, 0.2) is 66.9 Å². The minimum absolute atomic E-state index is 0.00275. The van der Waals surface area contributed by atoms with Crippen molar-refractivity contribution in [2.45, 2.75) is 32.9 Å². The summed E-state index contributed by atoms with van der Waals surface area (Å²) >= 11 is 0. The zero-order valence-corrected chi connectivity index (χ0v) is 18.2. The minimum Gasteiger partial charge on any atom is -0.341 e. The number of rotatable bonds is 6. The molecule has 6 heteroatoms. The molecule has 3 aromatic rings. The molecule has 2 amide bonds. The number of amides is 2. The van der Waals surface area contributed by atoms with Crippen molar-refractivity contribution < 1.29 is 9.59 Å². The lowest BCUT2D eigenvalue weighted by Crippen LogP contribution is -2.36. The number of hydrogen-bond donors (Lipinski definition) is 0. The molecule has 1 aliphatic rings. The second kappa shape index (κ2) is 8.76. The first-order valence-corrected chi connectivity index (χ1v) is 10.7. The highest BCUT2D eigenvalue weighted by Crippen LogP contribution is 2.27. The van der Waals surface area contributed by atoms with Gasteiger partial charge in [-0.05, 0) is 26.0 Å². The van der Waals surface area contributed by atoms with E-state index in [9.17, 15) is 9.59 Å². The third-order valence-corrected chi connectivity index (χ3v) is 5.77. The molecule has 6 nitrogen and oxygen atoms in total. The fourth-order valence-corrected chi connectivity index (χ4v) is 4.12. The zero-order valence-electron chi connectivity index (χ0n) is 18.2. The summed E-state index contributed by atoms with van der Waals surface area (Å²) in [5.41, 5.74) is 3.80. The van der Waals surface area contributed by atoms with Gasteiger partial charge in [-0.3, -0.25) is 9.59 Å². The molecule has 4 rings (SSSR count). The van der Waals surface area contributed by atoms with Gasteiger partial charge in [-0.2, -0.15) is 5.10 Å². The van der Waals surface area contributed by atoms with E-state index in [-0.39, 0.29) is 30.2 Å². The zero-order chi connectivity index (χ0) is 22.0. The van der Waals surface area contributed by atoms with Crippen LogP contribution in [0.1, 0.15) is 25.8 Å². The molecule has 31 heavy (non-hydrogen) atoms. The quantitative estimate of drug-likeness (QED) is 0.615. The summed E-state index contributed by atoms with van der Waals surface area (Å²) in [6, 6.07) is 20.1. The molecule has 0 aliphatic carbocycles. The Kier molecular flexibility index (Phi) is 5.89. The van der Waals surface area contributed by atoms with Crippen molar-refractivity contribution in [1.29, 1.82) is 0 Å². The maximum Gasteiger partial charge on any atom is 0.228 e. The Balaban J connectivity index is 1.59. The Morgan fingerprint density at radius 1 is 1.10 bits per heavy atom. The van der Waals surface area contributed by atoms with Crippen molar-refractivity contribution in [3.8, 4) is 16.9 Å². The van der Waals surface area contributed by atoms with Crippen LogP contribution in [0.4, 0.5) is 0 Å². The van der Waals surface area contributed by atoms with E-state index in [1.165, 1.54) is 0 Å². The highest BCUT2D eigenvalue weighted by atomic mass is 16.2. The summed E-state index contributed by atoms with van der Waals surface area (Å²) in [6.45, 7) is 4.90. The molecule has 1 aliphatic heterocycles. The van der Waals surface area contributed by atoms with Crippen LogP contribution in [0.3, 0.4) is 0 Å². The Morgan fingerprint density at radius 3 is 2.35 bits per heavy atom. The van der Waals surface area contributed by atoms with Crippen LogP contribution in [-0.4, -0.2) is 51.0 Å². The van der Waals surface area contributed by atoms with Gasteiger partial charge in [0.1, 0.15) is 0 Å². The van der Waals surface area contributed by atoms with Crippen LogP contribution in [0.25, 0.3) is 16.9 Å². The van der Waals surface area contributed by atoms with Crippen LogP contribution < -0.4 is 0 Å². The molecule has 2 aromatic carbocycles. The number of nitrogens with zero attached hydrogens (tertiary/aromatic N) is 4. The van der Waals surface area contributed by atoms with E-state index in [0.29, 0.717) is 13.1 Å². The van der Waals surface area contributed by atoms with Gasteiger partial charge in [0.25, 0.3) is 0 Å². The molecule has 0 saturated carbocycles. The predicted octanol–water partition coefficient (Wildman–Crippen LogP) is 3.75. The van der Waals surface area contributed by atoms with Crippen molar-refractivity contribution in [3.63, 3.8) is 0 Å².